The molecule has 0 aliphatic rings. The SMILES string of the molecule is c1ccc(-c2cc(-c3ccccc3)nc(-c3ccc(-c4nccc5c6cc(-n7c8ccccc8c8ccccc87)ccc6n(-c6ccccc6)c45)cc3)n2)cc1. The number of hydrogen-bond donors (Lipinski definition) is 0. The Hall–Kier alpha value is -7.63. The Kier molecular flexibility index (Phi) is 7.42. The van der Waals surface area contributed by atoms with Crippen LogP contribution >= 0.6 is 0 Å². The zero-order chi connectivity index (χ0) is 37.0. The summed E-state index contributed by atoms with van der Waals surface area (Å²) in [4.78, 5) is 15.2. The van der Waals surface area contributed by atoms with Gasteiger partial charge in [0, 0.05) is 61.4 Å². The van der Waals surface area contributed by atoms with E-state index in [2.05, 4.69) is 167 Å². The van der Waals surface area contributed by atoms with Crippen molar-refractivity contribution in [2.45, 2.75) is 0 Å². The molecule has 0 saturated carbocycles. The third kappa shape index (κ3) is 5.21. The first-order chi connectivity index (χ1) is 27.8. The Morgan fingerprint density at radius 2 is 0.875 bits per heavy atom. The van der Waals surface area contributed by atoms with Gasteiger partial charge in [0.1, 0.15) is 0 Å². The molecule has 0 spiro atoms. The summed E-state index contributed by atoms with van der Waals surface area (Å²) in [5.74, 6) is 0.680. The van der Waals surface area contributed by atoms with Crippen LogP contribution in [-0.4, -0.2) is 24.1 Å². The lowest BCUT2D eigenvalue weighted by molar-refractivity contribution is 1.16. The number of para-hydroxylation sites is 3. The van der Waals surface area contributed by atoms with Crippen molar-refractivity contribution in [3.8, 4) is 56.5 Å². The Bertz CT molecular complexity index is 3110. The zero-order valence-corrected chi connectivity index (χ0v) is 30.3. The van der Waals surface area contributed by atoms with Crippen molar-refractivity contribution in [3.05, 3.63) is 200 Å². The summed E-state index contributed by atoms with van der Waals surface area (Å²) in [5, 5.41) is 4.81. The van der Waals surface area contributed by atoms with Gasteiger partial charge in [0.25, 0.3) is 0 Å². The van der Waals surface area contributed by atoms with Gasteiger partial charge < -0.3 is 9.13 Å². The molecule has 5 heteroatoms. The molecule has 0 fully saturated rings. The first kappa shape index (κ1) is 31.9. The molecule has 0 unspecified atom stereocenters. The number of rotatable bonds is 6. The first-order valence-corrected chi connectivity index (χ1v) is 18.9. The molecule has 7 aromatic carbocycles. The summed E-state index contributed by atoms with van der Waals surface area (Å²) >= 11 is 0. The summed E-state index contributed by atoms with van der Waals surface area (Å²) in [6.07, 6.45) is 1.94. The minimum atomic E-state index is 0.680. The second-order valence-electron chi connectivity index (χ2n) is 14.1. The Morgan fingerprint density at radius 3 is 1.50 bits per heavy atom. The maximum atomic E-state index is 5.07. The maximum absolute atomic E-state index is 5.07. The quantitative estimate of drug-likeness (QED) is 0.172. The summed E-state index contributed by atoms with van der Waals surface area (Å²) in [6, 6.07) is 68.1. The predicted octanol–water partition coefficient (Wildman–Crippen LogP) is 12.7. The van der Waals surface area contributed by atoms with E-state index in [9.17, 15) is 0 Å². The lowest BCUT2D eigenvalue weighted by Gasteiger charge is -2.12. The van der Waals surface area contributed by atoms with Crippen molar-refractivity contribution >= 4 is 43.6 Å². The van der Waals surface area contributed by atoms with Crippen molar-refractivity contribution in [2.24, 2.45) is 0 Å². The van der Waals surface area contributed by atoms with E-state index in [4.69, 9.17) is 15.0 Å². The highest BCUT2D eigenvalue weighted by Crippen LogP contribution is 2.40. The van der Waals surface area contributed by atoms with E-state index in [1.165, 1.54) is 27.2 Å². The molecule has 262 valence electrons. The van der Waals surface area contributed by atoms with Gasteiger partial charge in [0.2, 0.25) is 0 Å². The highest BCUT2D eigenvalue weighted by molar-refractivity contribution is 6.14. The van der Waals surface area contributed by atoms with Crippen LogP contribution in [0.15, 0.2) is 200 Å². The minimum absolute atomic E-state index is 0.680. The molecule has 0 amide bonds. The molecular formula is C51H33N5. The van der Waals surface area contributed by atoms with Crippen molar-refractivity contribution in [1.29, 1.82) is 0 Å². The lowest BCUT2D eigenvalue weighted by atomic mass is 10.0. The van der Waals surface area contributed by atoms with Crippen LogP contribution in [0.25, 0.3) is 100 Å². The molecular weight excluding hydrogens is 683 g/mol. The number of hydrogen-bond acceptors (Lipinski definition) is 3. The van der Waals surface area contributed by atoms with Crippen LogP contribution in [0.5, 0.6) is 0 Å². The zero-order valence-electron chi connectivity index (χ0n) is 30.3. The van der Waals surface area contributed by atoms with Gasteiger partial charge in [-0.15, -0.1) is 0 Å². The van der Waals surface area contributed by atoms with Gasteiger partial charge >= 0.3 is 0 Å². The van der Waals surface area contributed by atoms with E-state index >= 15 is 0 Å². The van der Waals surface area contributed by atoms with Gasteiger partial charge in [0.15, 0.2) is 5.82 Å². The minimum Gasteiger partial charge on any atom is -0.309 e. The van der Waals surface area contributed by atoms with Gasteiger partial charge in [-0.05, 0) is 54.6 Å². The van der Waals surface area contributed by atoms with E-state index in [0.29, 0.717) is 5.82 Å². The molecule has 0 radical (unpaired) electrons. The van der Waals surface area contributed by atoms with Crippen LogP contribution in [0.4, 0.5) is 0 Å². The molecule has 5 nitrogen and oxygen atoms in total. The van der Waals surface area contributed by atoms with Gasteiger partial charge in [0.05, 0.1) is 39.1 Å². The summed E-state index contributed by atoms with van der Waals surface area (Å²) in [7, 11) is 0. The Morgan fingerprint density at radius 1 is 0.339 bits per heavy atom. The smallest absolute Gasteiger partial charge is 0.160 e. The van der Waals surface area contributed by atoms with Crippen LogP contribution in [0.2, 0.25) is 0 Å². The van der Waals surface area contributed by atoms with Crippen molar-refractivity contribution in [3.63, 3.8) is 0 Å². The molecule has 0 aliphatic heterocycles. The normalized spacial score (nSPS) is 11.6. The standard InChI is InChI=1S/C51H33N5/c1-4-14-34(15-5-1)44-33-45(35-16-6-2-7-17-35)54-51(53-44)37-26-24-36(25-27-37)49-50-42(30-31-52-49)43-32-39(28-29-48(43)56(50)38-18-8-3-9-19-38)55-46-22-12-10-20-40(46)41-21-11-13-23-47(41)55/h1-33H. The van der Waals surface area contributed by atoms with Crippen molar-refractivity contribution in [2.75, 3.05) is 0 Å². The fourth-order valence-electron chi connectivity index (χ4n) is 8.22. The summed E-state index contributed by atoms with van der Waals surface area (Å²) in [6.45, 7) is 0. The van der Waals surface area contributed by atoms with E-state index in [-0.39, 0.29) is 0 Å². The van der Waals surface area contributed by atoms with Gasteiger partial charge in [-0.3, -0.25) is 4.98 Å². The molecule has 0 N–H and O–H groups in total. The molecule has 0 bridgehead atoms. The topological polar surface area (TPSA) is 48.5 Å². The lowest BCUT2D eigenvalue weighted by Crippen LogP contribution is -1.98. The van der Waals surface area contributed by atoms with E-state index in [0.717, 1.165) is 67.1 Å². The monoisotopic (exact) mass is 715 g/mol. The maximum Gasteiger partial charge on any atom is 0.160 e. The van der Waals surface area contributed by atoms with E-state index in [1.54, 1.807) is 0 Å². The van der Waals surface area contributed by atoms with Gasteiger partial charge in [-0.1, -0.05) is 140 Å². The molecule has 0 saturated heterocycles. The highest BCUT2D eigenvalue weighted by atomic mass is 15.0. The Labute approximate surface area is 323 Å². The number of fused-ring (bicyclic) bond motifs is 6. The Balaban J connectivity index is 1.08. The van der Waals surface area contributed by atoms with Crippen LogP contribution < -0.4 is 0 Å². The summed E-state index contributed by atoms with van der Waals surface area (Å²) in [5.41, 5.74) is 13.5. The number of aromatic nitrogens is 5. The van der Waals surface area contributed by atoms with Crippen LogP contribution in [0.3, 0.4) is 0 Å². The molecule has 4 heterocycles. The third-order valence-electron chi connectivity index (χ3n) is 10.8. The second kappa shape index (κ2) is 13.0. The summed E-state index contributed by atoms with van der Waals surface area (Å²) < 4.78 is 4.74. The second-order valence-corrected chi connectivity index (χ2v) is 14.1. The molecule has 11 aromatic rings. The molecule has 11 rings (SSSR count). The van der Waals surface area contributed by atoms with Crippen molar-refractivity contribution < 1.29 is 0 Å². The third-order valence-corrected chi connectivity index (χ3v) is 10.8. The number of benzene rings is 7. The van der Waals surface area contributed by atoms with Gasteiger partial charge in [-0.25, -0.2) is 9.97 Å². The molecule has 0 atom stereocenters. The van der Waals surface area contributed by atoms with Gasteiger partial charge in [-0.2, -0.15) is 0 Å². The average Bonchev–Trinajstić information content (AvgIpc) is 3.80. The van der Waals surface area contributed by atoms with Crippen LogP contribution in [0, 0.1) is 0 Å². The fraction of sp³-hybridized carbons (Fsp3) is 0. The molecule has 56 heavy (non-hydrogen) atoms. The number of pyridine rings is 1. The average molecular weight is 716 g/mol. The predicted molar refractivity (Wildman–Crippen MR) is 230 cm³/mol. The number of nitrogens with zero attached hydrogens (tertiary/aromatic N) is 5. The fourth-order valence-corrected chi connectivity index (χ4v) is 8.22. The first-order valence-electron chi connectivity index (χ1n) is 18.9. The molecule has 4 aromatic heterocycles. The van der Waals surface area contributed by atoms with Crippen LogP contribution in [-0.2, 0) is 0 Å². The largest absolute Gasteiger partial charge is 0.309 e. The highest BCUT2D eigenvalue weighted by Gasteiger charge is 2.20. The van der Waals surface area contributed by atoms with Crippen LogP contribution in [0.1, 0.15) is 0 Å². The molecule has 0 aliphatic carbocycles. The van der Waals surface area contributed by atoms with E-state index in [1.807, 2.05) is 42.6 Å². The van der Waals surface area contributed by atoms with Crippen molar-refractivity contribution in [1.82, 2.24) is 24.1 Å². The van der Waals surface area contributed by atoms with E-state index < -0.39 is 0 Å².